The molecule has 1 aliphatic heterocycles. The Morgan fingerprint density at radius 3 is 1.86 bits per heavy atom. The van der Waals surface area contributed by atoms with Crippen molar-refractivity contribution >= 4 is 39.3 Å². The third kappa shape index (κ3) is 4.94. The minimum atomic E-state index is -5.05. The van der Waals surface area contributed by atoms with Gasteiger partial charge < -0.3 is 4.57 Å². The molecule has 0 atom stereocenters. The fourth-order valence-electron chi connectivity index (χ4n) is 6.73. The molecule has 10 heteroatoms. The molecule has 246 valence electrons. The van der Waals surface area contributed by atoms with Crippen LogP contribution >= 0.6 is 0 Å². The number of amides is 2. The smallest absolute Gasteiger partial charge is 0.308 e. The van der Waals surface area contributed by atoms with Gasteiger partial charge in [-0.2, -0.15) is 26.3 Å². The number of nitrogens with zero attached hydrogens (tertiary/aromatic N) is 2. The minimum absolute atomic E-state index is 0.0659. The average molecular weight is 677 g/mol. The zero-order valence-electron chi connectivity index (χ0n) is 25.7. The number of fused-ring (bicyclic) bond motifs is 4. The van der Waals surface area contributed by atoms with Crippen molar-refractivity contribution in [3.05, 3.63) is 156 Å². The summed E-state index contributed by atoms with van der Waals surface area (Å²) in [6.45, 7) is 0. The van der Waals surface area contributed by atoms with Crippen molar-refractivity contribution in [2.45, 2.75) is 12.4 Å². The van der Waals surface area contributed by atoms with Gasteiger partial charge in [0.2, 0.25) is 0 Å². The largest absolute Gasteiger partial charge is 0.417 e. The van der Waals surface area contributed by atoms with E-state index >= 15 is 0 Å². The van der Waals surface area contributed by atoms with Gasteiger partial charge in [0.05, 0.1) is 44.7 Å². The summed E-state index contributed by atoms with van der Waals surface area (Å²) in [6.07, 6.45) is -10.0. The molecule has 50 heavy (non-hydrogen) atoms. The number of halogens is 6. The van der Waals surface area contributed by atoms with E-state index in [0.29, 0.717) is 39.2 Å². The van der Waals surface area contributed by atoms with Crippen molar-refractivity contribution in [2.24, 2.45) is 0 Å². The quantitative estimate of drug-likeness (QED) is 0.138. The Bertz CT molecular complexity index is 2500. The first-order chi connectivity index (χ1) is 23.9. The predicted molar refractivity (Wildman–Crippen MR) is 179 cm³/mol. The van der Waals surface area contributed by atoms with Crippen molar-refractivity contribution in [3.8, 4) is 27.9 Å². The highest BCUT2D eigenvalue weighted by Gasteiger charge is 2.40. The van der Waals surface area contributed by atoms with E-state index in [4.69, 9.17) is 0 Å². The average Bonchev–Trinajstić information content (AvgIpc) is 3.58. The summed E-state index contributed by atoms with van der Waals surface area (Å²) in [6, 6.07) is 34.8. The van der Waals surface area contributed by atoms with E-state index in [-0.39, 0.29) is 22.8 Å². The molecule has 2 heterocycles. The number of hydrogen-bond acceptors (Lipinski definition) is 2. The van der Waals surface area contributed by atoms with Gasteiger partial charge in [0.25, 0.3) is 11.8 Å². The fraction of sp³-hybridized carbons (Fsp3) is 0.0500. The first-order valence-electron chi connectivity index (χ1n) is 15.4. The van der Waals surface area contributed by atoms with E-state index in [2.05, 4.69) is 0 Å². The zero-order chi connectivity index (χ0) is 34.9. The van der Waals surface area contributed by atoms with E-state index in [1.807, 2.05) is 42.5 Å². The first-order valence-corrected chi connectivity index (χ1v) is 15.4. The molecule has 4 nitrogen and oxygen atoms in total. The molecule has 1 aromatic heterocycles. The lowest BCUT2D eigenvalue weighted by Crippen LogP contribution is -2.29. The normalized spacial score (nSPS) is 13.4. The van der Waals surface area contributed by atoms with E-state index in [0.717, 1.165) is 22.1 Å². The monoisotopic (exact) mass is 676 g/mol. The van der Waals surface area contributed by atoms with Crippen molar-refractivity contribution in [1.29, 1.82) is 0 Å². The number of alkyl halides is 6. The van der Waals surface area contributed by atoms with Crippen LogP contribution in [-0.4, -0.2) is 16.4 Å². The van der Waals surface area contributed by atoms with Crippen LogP contribution in [-0.2, 0) is 12.4 Å². The zero-order valence-corrected chi connectivity index (χ0v) is 25.7. The summed E-state index contributed by atoms with van der Waals surface area (Å²) in [5, 5.41) is 1.14. The fourth-order valence-corrected chi connectivity index (χ4v) is 6.73. The molecule has 0 radical (unpaired) electrons. The van der Waals surface area contributed by atoms with Crippen molar-refractivity contribution < 1.29 is 35.9 Å². The second-order valence-corrected chi connectivity index (χ2v) is 11.9. The molecular formula is C40H22F6N2O2. The molecule has 0 saturated carbocycles. The summed E-state index contributed by atoms with van der Waals surface area (Å²) in [5.74, 6) is -1.03. The SMILES string of the molecule is O=C1c2cccc(-n3c4ccccc4c4cc(-c5ccc(C(F)(F)F)cc5C(F)(F)F)ccc43)c2C(=O)N1c1ccc(-c2ccccc2)cc1. The number of rotatable bonds is 4. The molecule has 0 fully saturated rings. The van der Waals surface area contributed by atoms with Gasteiger partial charge in [-0.05, 0) is 76.9 Å². The number of benzene rings is 6. The van der Waals surface area contributed by atoms with E-state index < -0.39 is 40.9 Å². The highest BCUT2D eigenvalue weighted by Crippen LogP contribution is 2.43. The maximum Gasteiger partial charge on any atom is 0.417 e. The summed E-state index contributed by atoms with van der Waals surface area (Å²) in [7, 11) is 0. The Hall–Kier alpha value is -6.16. The number of hydrogen-bond donors (Lipinski definition) is 0. The molecule has 7 aromatic rings. The van der Waals surface area contributed by atoms with Gasteiger partial charge in [-0.25, -0.2) is 4.90 Å². The molecule has 0 saturated heterocycles. The molecule has 0 unspecified atom stereocenters. The molecule has 1 aliphatic rings. The summed E-state index contributed by atoms with van der Waals surface area (Å²) < 4.78 is 84.2. The molecule has 0 aliphatic carbocycles. The van der Waals surface area contributed by atoms with E-state index in [9.17, 15) is 35.9 Å². The first kappa shape index (κ1) is 31.1. The minimum Gasteiger partial charge on any atom is -0.308 e. The highest BCUT2D eigenvalue weighted by molar-refractivity contribution is 6.35. The van der Waals surface area contributed by atoms with E-state index in [1.165, 1.54) is 12.1 Å². The molecule has 0 bridgehead atoms. The van der Waals surface area contributed by atoms with Crippen LogP contribution in [0.25, 0.3) is 49.7 Å². The van der Waals surface area contributed by atoms with Gasteiger partial charge in [0.1, 0.15) is 0 Å². The maximum atomic E-state index is 14.1. The molecular weight excluding hydrogens is 654 g/mol. The highest BCUT2D eigenvalue weighted by atomic mass is 19.4. The van der Waals surface area contributed by atoms with Gasteiger partial charge in [0, 0.05) is 10.8 Å². The van der Waals surface area contributed by atoms with Gasteiger partial charge in [-0.1, -0.05) is 78.9 Å². The Kier molecular flexibility index (Phi) is 6.97. The van der Waals surface area contributed by atoms with Gasteiger partial charge in [-0.15, -0.1) is 0 Å². The Balaban J connectivity index is 1.26. The summed E-state index contributed by atoms with van der Waals surface area (Å²) in [4.78, 5) is 29.0. The number of aromatic nitrogens is 1. The van der Waals surface area contributed by atoms with Crippen LogP contribution in [0.3, 0.4) is 0 Å². The Labute approximate surface area is 280 Å². The molecule has 6 aromatic carbocycles. The lowest BCUT2D eigenvalue weighted by molar-refractivity contribution is -0.142. The summed E-state index contributed by atoms with van der Waals surface area (Å²) >= 11 is 0. The van der Waals surface area contributed by atoms with Crippen LogP contribution in [0, 0.1) is 0 Å². The van der Waals surface area contributed by atoms with Crippen LogP contribution in [0.4, 0.5) is 32.0 Å². The second kappa shape index (κ2) is 11.2. The van der Waals surface area contributed by atoms with Crippen LogP contribution in [0.2, 0.25) is 0 Å². The Morgan fingerprint density at radius 1 is 0.480 bits per heavy atom. The van der Waals surface area contributed by atoms with Gasteiger partial charge in [-0.3, -0.25) is 9.59 Å². The number of carbonyl (C=O) groups excluding carboxylic acids is 2. The number of imide groups is 1. The van der Waals surface area contributed by atoms with Crippen molar-refractivity contribution in [1.82, 2.24) is 4.57 Å². The van der Waals surface area contributed by atoms with E-state index in [1.54, 1.807) is 65.2 Å². The molecule has 0 spiro atoms. The third-order valence-corrected chi connectivity index (χ3v) is 9.00. The number of carbonyl (C=O) groups is 2. The van der Waals surface area contributed by atoms with Crippen LogP contribution in [0.1, 0.15) is 31.8 Å². The molecule has 2 amide bonds. The lowest BCUT2D eigenvalue weighted by atomic mass is 9.95. The third-order valence-electron chi connectivity index (χ3n) is 9.00. The van der Waals surface area contributed by atoms with Crippen LogP contribution in [0.5, 0.6) is 0 Å². The van der Waals surface area contributed by atoms with Crippen molar-refractivity contribution in [2.75, 3.05) is 4.90 Å². The van der Waals surface area contributed by atoms with Crippen LogP contribution < -0.4 is 4.90 Å². The number of anilines is 1. The Morgan fingerprint density at radius 2 is 1.14 bits per heavy atom. The summed E-state index contributed by atoms with van der Waals surface area (Å²) in [5.41, 5.74) is 1.04. The standard InChI is InChI=1S/C40H22F6N2O2/c41-39(42,43)26-16-19-28(32(22-26)40(44,45)46)25-15-20-34-31(21-25)29-9-4-5-11-33(29)48(34)35-12-6-10-30-36(35)38(50)47(37(30)49)27-17-13-24(14-18-27)23-7-2-1-3-8-23/h1-22H. The van der Waals surface area contributed by atoms with Crippen LogP contribution in [0.15, 0.2) is 133 Å². The lowest BCUT2D eigenvalue weighted by Gasteiger charge is -2.16. The number of para-hydroxylation sites is 1. The van der Waals surface area contributed by atoms with Gasteiger partial charge in [0.15, 0.2) is 0 Å². The molecule has 8 rings (SSSR count). The second-order valence-electron chi connectivity index (χ2n) is 11.9. The molecule has 0 N–H and O–H groups in total. The maximum absolute atomic E-state index is 14.1. The topological polar surface area (TPSA) is 42.3 Å². The van der Waals surface area contributed by atoms with Gasteiger partial charge >= 0.3 is 12.4 Å². The van der Waals surface area contributed by atoms with Crippen molar-refractivity contribution in [3.63, 3.8) is 0 Å². The predicted octanol–water partition coefficient (Wildman–Crippen LogP) is 11.0.